The molecule has 70 valence electrons. The van der Waals surface area contributed by atoms with Gasteiger partial charge < -0.3 is 15.1 Å². The molecule has 0 atom stereocenters. The molecule has 0 unspecified atom stereocenters. The van der Waals surface area contributed by atoms with Crippen molar-refractivity contribution in [1.82, 2.24) is 4.90 Å². The molecule has 4 nitrogen and oxygen atoms in total. The first-order valence-electron chi connectivity index (χ1n) is 3.85. The fourth-order valence-electron chi connectivity index (χ4n) is 1.26. The number of rotatable bonds is 1. The molecular weight excluding hydrogens is 165 g/mol. The van der Waals surface area contributed by atoms with Crippen molar-refractivity contribution < 1.29 is 19.4 Å². The molecule has 0 spiro atoms. The van der Waals surface area contributed by atoms with Crippen LogP contribution in [0.3, 0.4) is 0 Å². The maximum absolute atomic E-state index is 13.3. The summed E-state index contributed by atoms with van der Waals surface area (Å²) in [4.78, 5) is 11.6. The van der Waals surface area contributed by atoms with E-state index >= 15 is 0 Å². The van der Waals surface area contributed by atoms with Crippen LogP contribution in [0.15, 0.2) is 0 Å². The molecule has 1 amide bonds. The summed E-state index contributed by atoms with van der Waals surface area (Å²) in [5, 5.41) is 17.2. The molecule has 1 fully saturated rings. The topological polar surface area (TPSA) is 60.8 Å². The maximum atomic E-state index is 13.3. The summed E-state index contributed by atoms with van der Waals surface area (Å²) in [6.07, 6.45) is -0.832. The molecular formula is C7H12FNO3. The van der Waals surface area contributed by atoms with Crippen LogP contribution in [0, 0.1) is 0 Å². The molecule has 0 saturated carbocycles. The Morgan fingerprint density at radius 2 is 2.00 bits per heavy atom. The fourth-order valence-corrected chi connectivity index (χ4v) is 1.26. The van der Waals surface area contributed by atoms with Crippen LogP contribution < -0.4 is 0 Å². The summed E-state index contributed by atoms with van der Waals surface area (Å²) in [5.41, 5.74) is -1.56. The van der Waals surface area contributed by atoms with Gasteiger partial charge in [-0.2, -0.15) is 0 Å². The van der Waals surface area contributed by atoms with Crippen molar-refractivity contribution in [1.29, 1.82) is 0 Å². The predicted octanol–water partition coefficient (Wildman–Crippen LogP) is 0.461. The number of carboxylic acid groups (broad SMARTS) is 1. The lowest BCUT2D eigenvalue weighted by atomic mass is 9.95. The smallest absolute Gasteiger partial charge is 0.407 e. The van der Waals surface area contributed by atoms with Crippen LogP contribution in [0.5, 0.6) is 0 Å². The van der Waals surface area contributed by atoms with Gasteiger partial charge in [0.1, 0.15) is 5.67 Å². The number of nitrogens with zero attached hydrogens (tertiary/aromatic N) is 1. The van der Waals surface area contributed by atoms with E-state index in [4.69, 9.17) is 10.2 Å². The minimum absolute atomic E-state index is 0.0931. The van der Waals surface area contributed by atoms with E-state index in [2.05, 4.69) is 0 Å². The van der Waals surface area contributed by atoms with Crippen molar-refractivity contribution in [2.45, 2.75) is 18.5 Å². The first-order chi connectivity index (χ1) is 5.57. The van der Waals surface area contributed by atoms with E-state index in [-0.39, 0.29) is 25.9 Å². The number of piperidine rings is 1. The number of aliphatic hydroxyl groups excluding tert-OH is 1. The van der Waals surface area contributed by atoms with Crippen molar-refractivity contribution in [3.63, 3.8) is 0 Å². The first-order valence-corrected chi connectivity index (χ1v) is 3.85. The second kappa shape index (κ2) is 3.26. The largest absolute Gasteiger partial charge is 0.465 e. The van der Waals surface area contributed by atoms with Crippen molar-refractivity contribution in [3.8, 4) is 0 Å². The van der Waals surface area contributed by atoms with Crippen LogP contribution in [0.4, 0.5) is 9.18 Å². The molecule has 0 aromatic carbocycles. The standard InChI is InChI=1S/C7H12FNO3/c8-7(5-10)1-3-9(4-2-7)6(11)12/h10H,1-5H2,(H,11,12). The van der Waals surface area contributed by atoms with Crippen LogP contribution >= 0.6 is 0 Å². The molecule has 0 aromatic heterocycles. The minimum atomic E-state index is -1.56. The third kappa shape index (κ3) is 1.85. The van der Waals surface area contributed by atoms with E-state index in [0.717, 1.165) is 4.90 Å². The highest BCUT2D eigenvalue weighted by Gasteiger charge is 2.35. The predicted molar refractivity (Wildman–Crippen MR) is 39.8 cm³/mol. The molecule has 1 saturated heterocycles. The van der Waals surface area contributed by atoms with Gasteiger partial charge in [-0.3, -0.25) is 0 Å². The zero-order chi connectivity index (χ0) is 9.19. The number of likely N-dealkylation sites (tertiary alicyclic amines) is 1. The lowest BCUT2D eigenvalue weighted by molar-refractivity contribution is 0.0119. The lowest BCUT2D eigenvalue weighted by Crippen LogP contribution is -2.45. The van der Waals surface area contributed by atoms with E-state index < -0.39 is 18.4 Å². The Kier molecular flexibility index (Phi) is 2.52. The second-order valence-corrected chi connectivity index (χ2v) is 3.08. The second-order valence-electron chi connectivity index (χ2n) is 3.08. The molecule has 0 radical (unpaired) electrons. The number of alkyl halides is 1. The maximum Gasteiger partial charge on any atom is 0.407 e. The molecule has 5 heteroatoms. The molecule has 12 heavy (non-hydrogen) atoms. The third-order valence-electron chi connectivity index (χ3n) is 2.21. The van der Waals surface area contributed by atoms with E-state index in [9.17, 15) is 9.18 Å². The number of hydrogen-bond acceptors (Lipinski definition) is 2. The zero-order valence-corrected chi connectivity index (χ0v) is 6.66. The fraction of sp³-hybridized carbons (Fsp3) is 0.857. The molecule has 1 heterocycles. The Labute approximate surface area is 69.6 Å². The van der Waals surface area contributed by atoms with Gasteiger partial charge in [0.15, 0.2) is 0 Å². The Morgan fingerprint density at radius 3 is 2.33 bits per heavy atom. The summed E-state index contributed by atoms with van der Waals surface area (Å²) in [6.45, 7) is -0.167. The monoisotopic (exact) mass is 177 g/mol. The van der Waals surface area contributed by atoms with Gasteiger partial charge in [-0.15, -0.1) is 0 Å². The summed E-state index contributed by atoms with van der Waals surface area (Å²) in [6, 6.07) is 0. The number of aliphatic hydroxyl groups is 1. The van der Waals surface area contributed by atoms with Crippen molar-refractivity contribution in [2.24, 2.45) is 0 Å². The summed E-state index contributed by atoms with van der Waals surface area (Å²) in [5.74, 6) is 0. The van der Waals surface area contributed by atoms with Gasteiger partial charge in [0.25, 0.3) is 0 Å². The van der Waals surface area contributed by atoms with Crippen LogP contribution in [-0.2, 0) is 0 Å². The first kappa shape index (κ1) is 9.25. The summed E-state index contributed by atoms with van der Waals surface area (Å²) in [7, 11) is 0. The van der Waals surface area contributed by atoms with Crippen molar-refractivity contribution >= 4 is 6.09 Å². The van der Waals surface area contributed by atoms with Crippen molar-refractivity contribution in [3.05, 3.63) is 0 Å². The highest BCUT2D eigenvalue weighted by atomic mass is 19.1. The summed E-state index contributed by atoms with van der Waals surface area (Å²) < 4.78 is 13.3. The molecule has 0 aliphatic carbocycles. The molecule has 2 N–H and O–H groups in total. The number of carbonyl (C=O) groups is 1. The highest BCUT2D eigenvalue weighted by molar-refractivity contribution is 5.65. The van der Waals surface area contributed by atoms with E-state index in [1.54, 1.807) is 0 Å². The lowest BCUT2D eigenvalue weighted by Gasteiger charge is -2.33. The van der Waals surface area contributed by atoms with Gasteiger partial charge in [-0.1, -0.05) is 0 Å². The average molecular weight is 177 g/mol. The number of halogens is 1. The van der Waals surface area contributed by atoms with Gasteiger partial charge in [0.05, 0.1) is 6.61 Å². The molecule has 1 rings (SSSR count). The van der Waals surface area contributed by atoms with Gasteiger partial charge in [0.2, 0.25) is 0 Å². The van der Waals surface area contributed by atoms with E-state index in [1.165, 1.54) is 0 Å². The van der Waals surface area contributed by atoms with Crippen LogP contribution in [0.2, 0.25) is 0 Å². The van der Waals surface area contributed by atoms with Crippen LogP contribution in [0.1, 0.15) is 12.8 Å². The molecule has 1 aliphatic heterocycles. The summed E-state index contributed by atoms with van der Waals surface area (Å²) >= 11 is 0. The number of amides is 1. The third-order valence-corrected chi connectivity index (χ3v) is 2.21. The Bertz CT molecular complexity index is 177. The van der Waals surface area contributed by atoms with Gasteiger partial charge in [0, 0.05) is 25.9 Å². The SMILES string of the molecule is O=C(O)N1CCC(F)(CO)CC1. The average Bonchev–Trinajstić information content (AvgIpc) is 2.05. The number of hydrogen-bond donors (Lipinski definition) is 2. The molecule has 1 aliphatic rings. The van der Waals surface area contributed by atoms with E-state index in [1.807, 2.05) is 0 Å². The molecule has 0 bridgehead atoms. The minimum Gasteiger partial charge on any atom is -0.465 e. The quantitative estimate of drug-likeness (QED) is 0.611. The highest BCUT2D eigenvalue weighted by Crippen LogP contribution is 2.25. The normalized spacial score (nSPS) is 22.3. The Balaban J connectivity index is 2.44. The van der Waals surface area contributed by atoms with Crippen molar-refractivity contribution in [2.75, 3.05) is 19.7 Å². The Morgan fingerprint density at radius 1 is 1.50 bits per heavy atom. The van der Waals surface area contributed by atoms with E-state index in [0.29, 0.717) is 0 Å². The van der Waals surface area contributed by atoms with Gasteiger partial charge in [-0.25, -0.2) is 9.18 Å². The Hall–Kier alpha value is -0.840. The van der Waals surface area contributed by atoms with Crippen LogP contribution in [0.25, 0.3) is 0 Å². The van der Waals surface area contributed by atoms with Gasteiger partial charge >= 0.3 is 6.09 Å². The zero-order valence-electron chi connectivity index (χ0n) is 6.66. The van der Waals surface area contributed by atoms with Gasteiger partial charge in [-0.05, 0) is 0 Å². The molecule has 0 aromatic rings. The van der Waals surface area contributed by atoms with Crippen LogP contribution in [-0.4, -0.2) is 46.6 Å².